The fourth-order valence-electron chi connectivity index (χ4n) is 2.96. The third-order valence-corrected chi connectivity index (χ3v) is 5.21. The van der Waals surface area contributed by atoms with Crippen LogP contribution in [0.2, 0.25) is 0 Å². The number of benzene rings is 1. The normalized spacial score (nSPS) is 16.0. The van der Waals surface area contributed by atoms with E-state index in [1.807, 2.05) is 18.2 Å². The standard InChI is InChI=1S/C20H22N2O4S/c1-14(23)22(17-10-6-7-11-18(17)25-2)20-21-16(13-27-20)12-26-19(24)15-8-4-3-5-9-15/h3-4,6-7,10-11,13,15H,5,8-9,12H2,1-2H3. The van der Waals surface area contributed by atoms with Gasteiger partial charge in [0.05, 0.1) is 24.4 Å². The maximum atomic E-state index is 12.2. The van der Waals surface area contributed by atoms with Gasteiger partial charge in [-0.3, -0.25) is 14.5 Å². The Morgan fingerprint density at radius 2 is 2.11 bits per heavy atom. The van der Waals surface area contributed by atoms with Gasteiger partial charge in [0.25, 0.3) is 0 Å². The van der Waals surface area contributed by atoms with Crippen LogP contribution in [0.1, 0.15) is 31.9 Å². The first-order valence-corrected chi connectivity index (χ1v) is 9.68. The van der Waals surface area contributed by atoms with Gasteiger partial charge < -0.3 is 9.47 Å². The second kappa shape index (κ2) is 8.81. The smallest absolute Gasteiger partial charge is 0.309 e. The van der Waals surface area contributed by atoms with Crippen LogP contribution in [0.25, 0.3) is 0 Å². The van der Waals surface area contributed by atoms with Gasteiger partial charge in [0, 0.05) is 12.3 Å². The predicted molar refractivity (Wildman–Crippen MR) is 104 cm³/mol. The summed E-state index contributed by atoms with van der Waals surface area (Å²) in [5.74, 6) is 0.144. The lowest BCUT2D eigenvalue weighted by Crippen LogP contribution is -2.23. The number of methoxy groups -OCH3 is 1. The number of para-hydroxylation sites is 2. The number of nitrogens with zero attached hydrogens (tertiary/aromatic N) is 2. The number of rotatable bonds is 6. The van der Waals surface area contributed by atoms with Crippen molar-refractivity contribution < 1.29 is 19.1 Å². The molecule has 1 aliphatic carbocycles. The number of allylic oxidation sites excluding steroid dienone is 2. The highest BCUT2D eigenvalue weighted by Crippen LogP contribution is 2.35. The highest BCUT2D eigenvalue weighted by atomic mass is 32.1. The van der Waals surface area contributed by atoms with Gasteiger partial charge in [-0.15, -0.1) is 11.3 Å². The number of aromatic nitrogens is 1. The molecule has 27 heavy (non-hydrogen) atoms. The zero-order valence-electron chi connectivity index (χ0n) is 15.4. The molecule has 0 saturated heterocycles. The quantitative estimate of drug-likeness (QED) is 0.549. The number of carbonyl (C=O) groups excluding carboxylic acids is 2. The van der Waals surface area contributed by atoms with E-state index in [-0.39, 0.29) is 24.4 Å². The van der Waals surface area contributed by atoms with Gasteiger partial charge in [0.1, 0.15) is 12.4 Å². The number of amides is 1. The zero-order chi connectivity index (χ0) is 19.2. The summed E-state index contributed by atoms with van der Waals surface area (Å²) in [4.78, 5) is 30.4. The summed E-state index contributed by atoms with van der Waals surface area (Å²) in [6.07, 6.45) is 6.57. The molecule has 1 amide bonds. The molecule has 6 nitrogen and oxygen atoms in total. The molecule has 2 aromatic rings. The van der Waals surface area contributed by atoms with Crippen molar-refractivity contribution in [3.8, 4) is 5.75 Å². The number of hydrogen-bond donors (Lipinski definition) is 0. The summed E-state index contributed by atoms with van der Waals surface area (Å²) in [6, 6.07) is 7.27. The molecule has 0 N–H and O–H groups in total. The van der Waals surface area contributed by atoms with Crippen molar-refractivity contribution in [2.24, 2.45) is 5.92 Å². The SMILES string of the molecule is COc1ccccc1N(C(C)=O)c1nc(COC(=O)C2CC=CCC2)cs1. The Morgan fingerprint density at radius 1 is 1.30 bits per heavy atom. The lowest BCUT2D eigenvalue weighted by atomic mass is 9.95. The highest BCUT2D eigenvalue weighted by Gasteiger charge is 2.23. The van der Waals surface area contributed by atoms with Crippen LogP contribution in [-0.2, 0) is 20.9 Å². The Kier molecular flexibility index (Phi) is 6.24. The van der Waals surface area contributed by atoms with Crippen LogP contribution in [-0.4, -0.2) is 24.0 Å². The van der Waals surface area contributed by atoms with Crippen LogP contribution in [0, 0.1) is 5.92 Å². The summed E-state index contributed by atoms with van der Waals surface area (Å²) < 4.78 is 10.8. The van der Waals surface area contributed by atoms with E-state index in [2.05, 4.69) is 11.1 Å². The minimum atomic E-state index is -0.193. The first-order chi connectivity index (χ1) is 13.1. The van der Waals surface area contributed by atoms with Crippen molar-refractivity contribution in [2.45, 2.75) is 32.8 Å². The van der Waals surface area contributed by atoms with Crippen LogP contribution < -0.4 is 9.64 Å². The van der Waals surface area contributed by atoms with E-state index in [0.717, 1.165) is 19.3 Å². The molecule has 1 aliphatic rings. The molecule has 1 aromatic carbocycles. The second-order valence-electron chi connectivity index (χ2n) is 6.24. The van der Waals surface area contributed by atoms with Crippen LogP contribution in [0.3, 0.4) is 0 Å². The lowest BCUT2D eigenvalue weighted by molar-refractivity contribution is -0.150. The molecule has 0 fully saturated rings. The molecule has 3 rings (SSSR count). The van der Waals surface area contributed by atoms with Crippen molar-refractivity contribution in [1.82, 2.24) is 4.98 Å². The summed E-state index contributed by atoms with van der Waals surface area (Å²) in [6.45, 7) is 1.58. The fourth-order valence-corrected chi connectivity index (χ4v) is 3.82. The summed E-state index contributed by atoms with van der Waals surface area (Å²) in [7, 11) is 1.56. The van der Waals surface area contributed by atoms with E-state index in [4.69, 9.17) is 9.47 Å². The molecule has 0 aliphatic heterocycles. The van der Waals surface area contributed by atoms with Crippen LogP contribution in [0.4, 0.5) is 10.8 Å². The minimum Gasteiger partial charge on any atom is -0.495 e. The monoisotopic (exact) mass is 386 g/mol. The van der Waals surface area contributed by atoms with E-state index in [9.17, 15) is 9.59 Å². The zero-order valence-corrected chi connectivity index (χ0v) is 16.2. The van der Waals surface area contributed by atoms with E-state index < -0.39 is 0 Å². The summed E-state index contributed by atoms with van der Waals surface area (Å²) in [5.41, 5.74) is 1.25. The van der Waals surface area contributed by atoms with Crippen molar-refractivity contribution in [2.75, 3.05) is 12.0 Å². The third-order valence-electron chi connectivity index (χ3n) is 4.34. The molecule has 1 heterocycles. The molecule has 1 unspecified atom stereocenters. The molecule has 142 valence electrons. The van der Waals surface area contributed by atoms with E-state index >= 15 is 0 Å². The van der Waals surface area contributed by atoms with Crippen LogP contribution in [0.5, 0.6) is 5.75 Å². The van der Waals surface area contributed by atoms with Crippen molar-refractivity contribution in [1.29, 1.82) is 0 Å². The first kappa shape index (κ1) is 19.1. The molecule has 0 spiro atoms. The molecule has 1 atom stereocenters. The van der Waals surface area contributed by atoms with Gasteiger partial charge in [-0.05, 0) is 31.4 Å². The van der Waals surface area contributed by atoms with Crippen molar-refractivity contribution in [3.05, 3.63) is 47.5 Å². The number of anilines is 2. The Labute approximate surface area is 162 Å². The molecule has 0 radical (unpaired) electrons. The van der Waals surface area contributed by atoms with Gasteiger partial charge in [-0.1, -0.05) is 24.3 Å². The van der Waals surface area contributed by atoms with Gasteiger partial charge in [0.2, 0.25) is 5.91 Å². The molecule has 0 saturated carbocycles. The fraction of sp³-hybridized carbons (Fsp3) is 0.350. The first-order valence-electron chi connectivity index (χ1n) is 8.80. The molecular formula is C20H22N2O4S. The third kappa shape index (κ3) is 4.54. The minimum absolute atomic E-state index is 0.0737. The Bertz CT molecular complexity index is 846. The number of ether oxygens (including phenoxy) is 2. The second-order valence-corrected chi connectivity index (χ2v) is 7.07. The molecular weight excluding hydrogens is 364 g/mol. The topological polar surface area (TPSA) is 68.7 Å². The number of carbonyl (C=O) groups is 2. The predicted octanol–water partition coefficient (Wildman–Crippen LogP) is 4.24. The van der Waals surface area contributed by atoms with Crippen LogP contribution in [0.15, 0.2) is 41.8 Å². The van der Waals surface area contributed by atoms with Crippen LogP contribution >= 0.6 is 11.3 Å². The summed E-state index contributed by atoms with van der Waals surface area (Å²) >= 11 is 1.32. The Balaban J connectivity index is 1.72. The summed E-state index contributed by atoms with van der Waals surface area (Å²) in [5, 5.41) is 2.31. The molecule has 7 heteroatoms. The van der Waals surface area contributed by atoms with E-state index in [0.29, 0.717) is 22.3 Å². The number of thiazole rings is 1. The number of esters is 1. The van der Waals surface area contributed by atoms with Gasteiger partial charge in [-0.25, -0.2) is 4.98 Å². The lowest BCUT2D eigenvalue weighted by Gasteiger charge is -2.20. The van der Waals surface area contributed by atoms with Gasteiger partial charge in [-0.2, -0.15) is 0 Å². The molecule has 0 bridgehead atoms. The largest absolute Gasteiger partial charge is 0.495 e. The van der Waals surface area contributed by atoms with Gasteiger partial charge >= 0.3 is 5.97 Å². The Morgan fingerprint density at radius 3 is 2.81 bits per heavy atom. The van der Waals surface area contributed by atoms with E-state index in [1.54, 1.807) is 24.6 Å². The average Bonchev–Trinajstić information content (AvgIpc) is 3.15. The molecule has 1 aromatic heterocycles. The van der Waals surface area contributed by atoms with Crippen molar-refractivity contribution in [3.63, 3.8) is 0 Å². The van der Waals surface area contributed by atoms with Crippen molar-refractivity contribution >= 4 is 34.0 Å². The maximum absolute atomic E-state index is 12.2. The Hall–Kier alpha value is -2.67. The van der Waals surface area contributed by atoms with E-state index in [1.165, 1.54) is 23.2 Å². The highest BCUT2D eigenvalue weighted by molar-refractivity contribution is 7.14. The average molecular weight is 386 g/mol. The van der Waals surface area contributed by atoms with Gasteiger partial charge in [0.15, 0.2) is 5.13 Å². The maximum Gasteiger partial charge on any atom is 0.309 e. The number of hydrogen-bond acceptors (Lipinski definition) is 6.